The van der Waals surface area contributed by atoms with Crippen molar-refractivity contribution >= 4 is 49.2 Å². The first-order chi connectivity index (χ1) is 8.04. The van der Waals surface area contributed by atoms with Gasteiger partial charge in [-0.2, -0.15) is 0 Å². The number of rotatable bonds is 3. The van der Waals surface area contributed by atoms with Crippen LogP contribution in [0.25, 0.3) is 11.0 Å². The second-order valence-corrected chi connectivity index (χ2v) is 5.79. The quantitative estimate of drug-likeness (QED) is 0.695. The molecule has 0 radical (unpaired) electrons. The minimum atomic E-state index is -0.592. The fourth-order valence-electron chi connectivity index (χ4n) is 1.26. The zero-order chi connectivity index (χ0) is 12.5. The van der Waals surface area contributed by atoms with E-state index in [0.717, 1.165) is 11.0 Å². The van der Waals surface area contributed by atoms with Crippen LogP contribution in [0.2, 0.25) is 0 Å². The molecule has 0 spiro atoms. The van der Waals surface area contributed by atoms with E-state index in [1.54, 1.807) is 0 Å². The van der Waals surface area contributed by atoms with Gasteiger partial charge >= 0.3 is 111 Å². The fourth-order valence-corrected chi connectivity index (χ4v) is 2.53. The summed E-state index contributed by atoms with van der Waals surface area (Å²) in [6.07, 6.45) is 0. The van der Waals surface area contributed by atoms with Gasteiger partial charge in [-0.3, -0.25) is 0 Å². The molecule has 2 aromatic rings. The molecule has 1 heterocycles. The zero-order valence-electron chi connectivity index (χ0n) is 9.53. The molecule has 1 aromatic carbocycles. The number of hydrogen-bond donors (Lipinski definition) is 1. The Balaban J connectivity index is 2.30. The third kappa shape index (κ3) is 2.51. The molecular weight excluding hydrogens is 305 g/mol. The van der Waals surface area contributed by atoms with Crippen LogP contribution in [0.1, 0.15) is 13.8 Å². The van der Waals surface area contributed by atoms with E-state index in [9.17, 15) is 4.79 Å². The number of hydrogen-bond acceptors (Lipinski definition) is 3. The Labute approximate surface area is 111 Å². The molecule has 0 saturated carbocycles. The Morgan fingerprint density at radius 2 is 2.24 bits per heavy atom. The molecular formula is C11H12ClN3OSe. The van der Waals surface area contributed by atoms with Crippen molar-refractivity contribution in [3.05, 3.63) is 18.2 Å². The van der Waals surface area contributed by atoms with E-state index in [4.69, 9.17) is 11.6 Å². The van der Waals surface area contributed by atoms with Gasteiger partial charge in [0.1, 0.15) is 0 Å². The van der Waals surface area contributed by atoms with E-state index < -0.39 is 5.41 Å². The first kappa shape index (κ1) is 12.6. The monoisotopic (exact) mass is 317 g/mol. The molecule has 17 heavy (non-hydrogen) atoms. The van der Waals surface area contributed by atoms with E-state index in [-0.39, 0.29) is 26.7 Å². The van der Waals surface area contributed by atoms with Crippen molar-refractivity contribution in [2.75, 3.05) is 11.2 Å². The van der Waals surface area contributed by atoms with E-state index in [2.05, 4.69) is 13.3 Å². The Bertz CT molecular complexity index is 552. The predicted molar refractivity (Wildman–Crippen MR) is 69.6 cm³/mol. The molecule has 6 heteroatoms. The number of halogens is 1. The van der Waals surface area contributed by atoms with Gasteiger partial charge in [0.25, 0.3) is 0 Å². The van der Waals surface area contributed by atoms with Crippen LogP contribution in [-0.4, -0.2) is 34.7 Å². The van der Waals surface area contributed by atoms with Gasteiger partial charge in [-0.1, -0.05) is 0 Å². The molecule has 0 saturated heterocycles. The molecule has 0 fully saturated rings. The molecule has 0 bridgehead atoms. The normalized spacial score (nSPS) is 11.7. The van der Waals surface area contributed by atoms with Gasteiger partial charge in [-0.25, -0.2) is 0 Å². The van der Waals surface area contributed by atoms with Crippen molar-refractivity contribution in [1.29, 1.82) is 0 Å². The molecule has 0 aliphatic heterocycles. The van der Waals surface area contributed by atoms with E-state index in [0.29, 0.717) is 5.69 Å². The standard InChI is InChI=1S/C11H12ClN3OSe/c1-11(2,6-12)10(16)13-7-4-3-5-8-9(7)15-17-14-8/h3-5H,6H2,1-2H3,(H,13,16). The van der Waals surface area contributed by atoms with E-state index >= 15 is 0 Å². The molecule has 0 aliphatic carbocycles. The molecule has 90 valence electrons. The molecule has 1 amide bonds. The van der Waals surface area contributed by atoms with Crippen molar-refractivity contribution in [2.24, 2.45) is 5.41 Å². The van der Waals surface area contributed by atoms with Crippen molar-refractivity contribution in [3.63, 3.8) is 0 Å². The maximum absolute atomic E-state index is 12.0. The number of nitrogens with zero attached hydrogens (tertiary/aromatic N) is 2. The van der Waals surface area contributed by atoms with Gasteiger partial charge in [0.15, 0.2) is 0 Å². The Kier molecular flexibility index (Phi) is 3.52. The summed E-state index contributed by atoms with van der Waals surface area (Å²) in [7, 11) is 0. The summed E-state index contributed by atoms with van der Waals surface area (Å²) in [6, 6.07) is 5.60. The summed E-state index contributed by atoms with van der Waals surface area (Å²) in [5.41, 5.74) is 1.76. The summed E-state index contributed by atoms with van der Waals surface area (Å²) < 4.78 is 8.58. The molecule has 4 nitrogen and oxygen atoms in total. The number of alkyl halides is 1. The van der Waals surface area contributed by atoms with E-state index in [1.165, 1.54) is 0 Å². The number of anilines is 1. The van der Waals surface area contributed by atoms with Crippen LogP contribution >= 0.6 is 11.6 Å². The van der Waals surface area contributed by atoms with Crippen LogP contribution in [0, 0.1) is 5.41 Å². The first-order valence-electron chi connectivity index (χ1n) is 5.13. The molecule has 0 atom stereocenters. The second-order valence-electron chi connectivity index (χ2n) is 4.41. The Morgan fingerprint density at radius 1 is 1.47 bits per heavy atom. The van der Waals surface area contributed by atoms with Crippen LogP contribution in [-0.2, 0) is 4.79 Å². The van der Waals surface area contributed by atoms with Crippen molar-refractivity contribution < 1.29 is 4.79 Å². The topological polar surface area (TPSA) is 54.9 Å². The van der Waals surface area contributed by atoms with E-state index in [1.807, 2.05) is 32.0 Å². The summed E-state index contributed by atoms with van der Waals surface area (Å²) in [4.78, 5) is 12.0. The van der Waals surface area contributed by atoms with Gasteiger partial charge in [0, 0.05) is 0 Å². The van der Waals surface area contributed by atoms with Crippen LogP contribution in [0.4, 0.5) is 5.69 Å². The molecule has 0 unspecified atom stereocenters. The SMILES string of the molecule is CC(C)(CCl)C(=O)Nc1cccc2n[se]nc12. The number of amides is 1. The predicted octanol–water partition coefficient (Wildman–Crippen LogP) is 1.89. The van der Waals surface area contributed by atoms with Crippen molar-refractivity contribution in [1.82, 2.24) is 7.96 Å². The van der Waals surface area contributed by atoms with Gasteiger partial charge in [0.2, 0.25) is 0 Å². The average molecular weight is 317 g/mol. The van der Waals surface area contributed by atoms with Gasteiger partial charge in [-0.15, -0.1) is 0 Å². The number of benzene rings is 1. The number of carbonyl (C=O) groups excluding carboxylic acids is 1. The van der Waals surface area contributed by atoms with Crippen LogP contribution < -0.4 is 5.32 Å². The van der Waals surface area contributed by atoms with Crippen LogP contribution in [0.3, 0.4) is 0 Å². The molecule has 1 N–H and O–H groups in total. The zero-order valence-corrected chi connectivity index (χ0v) is 12.0. The fraction of sp³-hybridized carbons (Fsp3) is 0.364. The third-order valence-electron chi connectivity index (χ3n) is 2.48. The summed E-state index contributed by atoms with van der Waals surface area (Å²) in [5.74, 6) is 0.176. The summed E-state index contributed by atoms with van der Waals surface area (Å²) >= 11 is 5.68. The minimum absolute atomic E-state index is 0.0921. The average Bonchev–Trinajstić information content (AvgIpc) is 2.78. The van der Waals surface area contributed by atoms with Gasteiger partial charge < -0.3 is 0 Å². The number of carbonyl (C=O) groups is 1. The summed E-state index contributed by atoms with van der Waals surface area (Å²) in [6.45, 7) is 3.62. The maximum atomic E-state index is 12.0. The van der Waals surface area contributed by atoms with Crippen molar-refractivity contribution in [2.45, 2.75) is 13.8 Å². The van der Waals surface area contributed by atoms with Gasteiger partial charge in [-0.05, 0) is 0 Å². The first-order valence-corrected chi connectivity index (χ1v) is 7.20. The molecule has 0 aliphatic rings. The van der Waals surface area contributed by atoms with Crippen LogP contribution in [0.5, 0.6) is 0 Å². The summed E-state index contributed by atoms with van der Waals surface area (Å²) in [5, 5.41) is 2.87. The van der Waals surface area contributed by atoms with Gasteiger partial charge in [0.05, 0.1) is 0 Å². The second kappa shape index (κ2) is 4.76. The Hall–Kier alpha value is -0.901. The van der Waals surface area contributed by atoms with Crippen LogP contribution in [0.15, 0.2) is 18.2 Å². The molecule has 2 rings (SSSR count). The van der Waals surface area contributed by atoms with Crippen molar-refractivity contribution in [3.8, 4) is 0 Å². The third-order valence-corrected chi connectivity index (χ3v) is 4.29. The Morgan fingerprint density at radius 3 is 2.94 bits per heavy atom. The molecule has 1 aromatic heterocycles. The number of nitrogens with one attached hydrogen (secondary N) is 1. The number of fused-ring (bicyclic) bond motifs is 1. The number of aromatic nitrogens is 2.